The van der Waals surface area contributed by atoms with Crippen molar-refractivity contribution in [3.8, 4) is 5.75 Å². The van der Waals surface area contributed by atoms with Gasteiger partial charge in [-0.05, 0) is 56.7 Å². The lowest BCUT2D eigenvalue weighted by molar-refractivity contribution is 0.216. The van der Waals surface area contributed by atoms with Gasteiger partial charge in [-0.25, -0.2) is 0 Å². The lowest BCUT2D eigenvalue weighted by Crippen LogP contribution is -2.37. The van der Waals surface area contributed by atoms with Crippen molar-refractivity contribution in [3.63, 3.8) is 0 Å². The minimum atomic E-state index is -0.129. The van der Waals surface area contributed by atoms with Crippen molar-refractivity contribution in [3.05, 3.63) is 58.1 Å². The molecule has 0 spiro atoms. The molecular formula is C17H19Cl2NO. The lowest BCUT2D eigenvalue weighted by Gasteiger charge is -2.30. The molecule has 0 aliphatic carbocycles. The molecular weight excluding hydrogens is 305 g/mol. The van der Waals surface area contributed by atoms with Crippen LogP contribution < -0.4 is 9.64 Å². The van der Waals surface area contributed by atoms with E-state index < -0.39 is 0 Å². The Balaban J connectivity index is 2.18. The molecule has 0 heterocycles. The zero-order chi connectivity index (χ0) is 15.4. The van der Waals surface area contributed by atoms with Crippen LogP contribution in [0.4, 0.5) is 5.69 Å². The molecule has 21 heavy (non-hydrogen) atoms. The van der Waals surface area contributed by atoms with E-state index >= 15 is 0 Å². The maximum atomic E-state index is 6.16. The van der Waals surface area contributed by atoms with Crippen molar-refractivity contribution in [2.24, 2.45) is 0 Å². The topological polar surface area (TPSA) is 12.5 Å². The Hall–Kier alpha value is -1.38. The molecule has 0 aromatic heterocycles. The first-order chi connectivity index (χ1) is 10.0. The van der Waals surface area contributed by atoms with Crippen molar-refractivity contribution < 1.29 is 4.74 Å². The Bertz CT molecular complexity index is 615. The first-order valence-corrected chi connectivity index (χ1v) is 7.72. The Morgan fingerprint density at radius 2 is 1.90 bits per heavy atom. The van der Waals surface area contributed by atoms with Crippen molar-refractivity contribution in [2.45, 2.75) is 27.0 Å². The molecule has 0 fully saturated rings. The molecule has 0 saturated heterocycles. The highest BCUT2D eigenvalue weighted by Gasteiger charge is 2.16. The molecule has 1 atom stereocenters. The normalized spacial score (nSPS) is 12.0. The number of aryl methyl sites for hydroxylation is 1. The molecule has 0 aliphatic heterocycles. The van der Waals surface area contributed by atoms with Crippen molar-refractivity contribution >= 4 is 28.9 Å². The van der Waals surface area contributed by atoms with E-state index in [1.807, 2.05) is 6.92 Å². The second-order valence-corrected chi connectivity index (χ2v) is 5.76. The Morgan fingerprint density at radius 1 is 1.14 bits per heavy atom. The first-order valence-electron chi connectivity index (χ1n) is 6.96. The molecule has 0 bridgehead atoms. The van der Waals surface area contributed by atoms with Crippen LogP contribution in [0.2, 0.25) is 10.0 Å². The molecule has 1 unspecified atom stereocenters. The highest BCUT2D eigenvalue weighted by atomic mass is 35.5. The minimum absolute atomic E-state index is 0.129. The van der Waals surface area contributed by atoms with E-state index in [0.29, 0.717) is 15.8 Å². The van der Waals surface area contributed by atoms with Crippen LogP contribution in [0.3, 0.4) is 0 Å². The molecule has 2 rings (SSSR count). The van der Waals surface area contributed by atoms with Gasteiger partial charge in [0.05, 0.1) is 5.02 Å². The van der Waals surface area contributed by atoms with Gasteiger partial charge >= 0.3 is 0 Å². The van der Waals surface area contributed by atoms with Crippen LogP contribution in [0.25, 0.3) is 0 Å². The summed E-state index contributed by atoms with van der Waals surface area (Å²) in [5, 5.41) is 1.13. The van der Waals surface area contributed by atoms with Gasteiger partial charge in [0.1, 0.15) is 5.75 Å². The number of anilines is 1. The minimum Gasteiger partial charge on any atom is -0.469 e. The van der Waals surface area contributed by atoms with E-state index in [4.69, 9.17) is 27.9 Å². The molecule has 0 aliphatic rings. The quantitative estimate of drug-likeness (QED) is 0.668. The van der Waals surface area contributed by atoms with E-state index in [2.05, 4.69) is 43.0 Å². The summed E-state index contributed by atoms with van der Waals surface area (Å²) in [4.78, 5) is 2.18. The summed E-state index contributed by atoms with van der Waals surface area (Å²) in [7, 11) is 0. The lowest BCUT2D eigenvalue weighted by atomic mass is 10.2. The fourth-order valence-electron chi connectivity index (χ4n) is 2.27. The molecule has 2 aromatic carbocycles. The van der Waals surface area contributed by atoms with E-state index in [9.17, 15) is 0 Å². The van der Waals surface area contributed by atoms with Gasteiger partial charge in [-0.15, -0.1) is 0 Å². The van der Waals surface area contributed by atoms with Crippen LogP contribution in [0.1, 0.15) is 19.4 Å². The van der Waals surface area contributed by atoms with Gasteiger partial charge in [-0.1, -0.05) is 35.3 Å². The second kappa shape index (κ2) is 7.06. The highest BCUT2D eigenvalue weighted by Crippen LogP contribution is 2.29. The monoisotopic (exact) mass is 323 g/mol. The SMILES string of the molecule is CCN(c1cccc(C)c1)C(C)Oc1ccc(Cl)cc1Cl. The average Bonchev–Trinajstić information content (AvgIpc) is 2.43. The van der Waals surface area contributed by atoms with Gasteiger partial charge in [0.15, 0.2) is 6.23 Å². The van der Waals surface area contributed by atoms with Gasteiger partial charge in [0.25, 0.3) is 0 Å². The maximum absolute atomic E-state index is 6.16. The number of halogens is 2. The van der Waals surface area contributed by atoms with Gasteiger partial charge in [-0.2, -0.15) is 0 Å². The predicted molar refractivity (Wildman–Crippen MR) is 90.8 cm³/mol. The van der Waals surface area contributed by atoms with Crippen LogP contribution in [-0.4, -0.2) is 12.8 Å². The van der Waals surface area contributed by atoms with Crippen LogP contribution in [-0.2, 0) is 0 Å². The van der Waals surface area contributed by atoms with E-state index in [1.165, 1.54) is 5.56 Å². The van der Waals surface area contributed by atoms with Crippen LogP contribution in [0.5, 0.6) is 5.75 Å². The summed E-state index contributed by atoms with van der Waals surface area (Å²) in [6, 6.07) is 13.6. The average molecular weight is 324 g/mol. The Morgan fingerprint density at radius 3 is 2.52 bits per heavy atom. The Kier molecular flexibility index (Phi) is 5.38. The van der Waals surface area contributed by atoms with Crippen molar-refractivity contribution in [2.75, 3.05) is 11.4 Å². The van der Waals surface area contributed by atoms with Crippen molar-refractivity contribution in [1.82, 2.24) is 0 Å². The summed E-state index contributed by atoms with van der Waals surface area (Å²) in [6.07, 6.45) is -0.129. The number of nitrogens with zero attached hydrogens (tertiary/aromatic N) is 1. The standard InChI is InChI=1S/C17H19Cl2NO/c1-4-20(15-7-5-6-12(2)10-15)13(3)21-17-9-8-14(18)11-16(17)19/h5-11,13H,4H2,1-3H3. The third-order valence-electron chi connectivity index (χ3n) is 3.30. The third kappa shape index (κ3) is 4.05. The van der Waals surface area contributed by atoms with Crippen molar-refractivity contribution in [1.29, 1.82) is 0 Å². The number of benzene rings is 2. The maximum Gasteiger partial charge on any atom is 0.169 e. The molecule has 4 heteroatoms. The van der Waals surface area contributed by atoms with Gasteiger partial charge in [0, 0.05) is 17.3 Å². The zero-order valence-corrected chi connectivity index (χ0v) is 13.9. The van der Waals surface area contributed by atoms with Crippen LogP contribution in [0.15, 0.2) is 42.5 Å². The molecule has 0 amide bonds. The summed E-state index contributed by atoms with van der Waals surface area (Å²) < 4.78 is 5.98. The largest absolute Gasteiger partial charge is 0.469 e. The molecule has 2 aromatic rings. The molecule has 0 N–H and O–H groups in total. The fourth-order valence-corrected chi connectivity index (χ4v) is 2.73. The molecule has 0 saturated carbocycles. The second-order valence-electron chi connectivity index (χ2n) is 4.92. The molecule has 0 radical (unpaired) electrons. The summed E-state index contributed by atoms with van der Waals surface area (Å²) in [5.74, 6) is 0.639. The summed E-state index contributed by atoms with van der Waals surface area (Å²) >= 11 is 12.1. The number of hydrogen-bond donors (Lipinski definition) is 0. The summed E-state index contributed by atoms with van der Waals surface area (Å²) in [5.41, 5.74) is 2.36. The Labute approximate surface area is 136 Å². The third-order valence-corrected chi connectivity index (χ3v) is 3.83. The fraction of sp³-hybridized carbons (Fsp3) is 0.294. The van der Waals surface area contributed by atoms with E-state index in [1.54, 1.807) is 18.2 Å². The molecule has 112 valence electrons. The number of ether oxygens (including phenoxy) is 1. The van der Waals surface area contributed by atoms with Crippen LogP contribution in [0, 0.1) is 6.92 Å². The molecule has 2 nitrogen and oxygen atoms in total. The summed E-state index contributed by atoms with van der Waals surface area (Å²) in [6.45, 7) is 7.04. The smallest absolute Gasteiger partial charge is 0.169 e. The van der Waals surface area contributed by atoms with E-state index in [-0.39, 0.29) is 6.23 Å². The zero-order valence-electron chi connectivity index (χ0n) is 12.4. The highest BCUT2D eigenvalue weighted by molar-refractivity contribution is 6.35. The number of rotatable bonds is 5. The number of hydrogen-bond acceptors (Lipinski definition) is 2. The first kappa shape index (κ1) is 16.0. The van der Waals surface area contributed by atoms with Crippen LogP contribution >= 0.6 is 23.2 Å². The predicted octanol–water partition coefficient (Wildman–Crippen LogP) is 5.55. The van der Waals surface area contributed by atoms with Gasteiger partial charge < -0.3 is 9.64 Å². The van der Waals surface area contributed by atoms with E-state index in [0.717, 1.165) is 12.2 Å². The van der Waals surface area contributed by atoms with Gasteiger partial charge in [-0.3, -0.25) is 0 Å². The van der Waals surface area contributed by atoms with Gasteiger partial charge in [0.2, 0.25) is 0 Å².